The van der Waals surface area contributed by atoms with Crippen LogP contribution in [-0.4, -0.2) is 38.9 Å². The van der Waals surface area contributed by atoms with Gasteiger partial charge in [-0.05, 0) is 72.4 Å². The second-order valence-corrected chi connectivity index (χ2v) is 8.89. The second kappa shape index (κ2) is 8.76. The van der Waals surface area contributed by atoms with Crippen molar-refractivity contribution in [2.75, 3.05) is 27.9 Å². The highest BCUT2D eigenvalue weighted by Crippen LogP contribution is 2.60. The number of rotatable bonds is 9. The van der Waals surface area contributed by atoms with Crippen LogP contribution in [0.3, 0.4) is 0 Å². The minimum atomic E-state index is 0.589. The van der Waals surface area contributed by atoms with Crippen LogP contribution in [0.1, 0.15) is 36.8 Å². The van der Waals surface area contributed by atoms with Crippen LogP contribution < -0.4 is 9.47 Å². The van der Waals surface area contributed by atoms with E-state index < -0.39 is 0 Å². The van der Waals surface area contributed by atoms with Gasteiger partial charge in [0.2, 0.25) is 0 Å². The molecule has 0 N–H and O–H groups in total. The Morgan fingerprint density at radius 3 is 1.66 bits per heavy atom. The largest absolute Gasteiger partial charge is 0.497 e. The lowest BCUT2D eigenvalue weighted by Crippen LogP contribution is -2.56. The summed E-state index contributed by atoms with van der Waals surface area (Å²) in [5, 5.41) is 0. The number of hydrogen-bond donors (Lipinski definition) is 0. The Hall–Kier alpha value is -2.04. The number of ether oxygens (including phenoxy) is 3. The number of nitrogens with zero attached hydrogens (tertiary/aromatic N) is 1. The number of methoxy groups -OCH3 is 3. The monoisotopic (exact) mass is 395 g/mol. The molecular formula is C25H33NO3. The maximum absolute atomic E-state index is 5.35. The van der Waals surface area contributed by atoms with E-state index in [9.17, 15) is 0 Å². The molecule has 0 aliphatic heterocycles. The fourth-order valence-corrected chi connectivity index (χ4v) is 5.29. The van der Waals surface area contributed by atoms with E-state index in [2.05, 4.69) is 53.4 Å². The molecule has 0 heterocycles. The van der Waals surface area contributed by atoms with Crippen LogP contribution in [0.2, 0.25) is 0 Å². The van der Waals surface area contributed by atoms with Gasteiger partial charge in [0.1, 0.15) is 11.5 Å². The molecule has 0 aromatic heterocycles. The minimum Gasteiger partial charge on any atom is -0.497 e. The third-order valence-electron chi connectivity index (χ3n) is 6.79. The zero-order valence-electron chi connectivity index (χ0n) is 17.9. The summed E-state index contributed by atoms with van der Waals surface area (Å²) in [5.74, 6) is 2.60. The molecule has 0 unspecified atom stereocenters. The molecule has 2 fully saturated rings. The summed E-state index contributed by atoms with van der Waals surface area (Å²) in [4.78, 5) is 2.65. The summed E-state index contributed by atoms with van der Waals surface area (Å²) in [7, 11) is 5.25. The van der Waals surface area contributed by atoms with Crippen LogP contribution >= 0.6 is 0 Å². The van der Waals surface area contributed by atoms with Crippen molar-refractivity contribution in [3.63, 3.8) is 0 Å². The van der Waals surface area contributed by atoms with E-state index in [1.165, 1.54) is 36.8 Å². The topological polar surface area (TPSA) is 30.9 Å². The minimum absolute atomic E-state index is 0.589. The summed E-state index contributed by atoms with van der Waals surface area (Å²) >= 11 is 0. The third-order valence-corrected chi connectivity index (χ3v) is 6.79. The van der Waals surface area contributed by atoms with E-state index in [1.54, 1.807) is 14.2 Å². The van der Waals surface area contributed by atoms with Gasteiger partial charge in [-0.1, -0.05) is 24.3 Å². The summed E-state index contributed by atoms with van der Waals surface area (Å²) < 4.78 is 16.0. The lowest BCUT2D eigenvalue weighted by Gasteiger charge is -2.60. The average Bonchev–Trinajstić information content (AvgIpc) is 2.69. The molecule has 0 saturated heterocycles. The SMILES string of the molecule is COCC1CC2(C1)CC(N(Cc1ccc(OC)cc1)Cc1ccc(OC)cc1)C2. The van der Waals surface area contributed by atoms with Gasteiger partial charge in [-0.3, -0.25) is 4.90 Å². The molecule has 4 heteroatoms. The zero-order chi connectivity index (χ0) is 20.3. The lowest BCUT2D eigenvalue weighted by atomic mass is 9.50. The van der Waals surface area contributed by atoms with E-state index >= 15 is 0 Å². The first kappa shape index (κ1) is 20.2. The highest BCUT2D eigenvalue weighted by molar-refractivity contribution is 5.29. The van der Waals surface area contributed by atoms with E-state index in [1.807, 2.05) is 7.11 Å². The molecule has 156 valence electrons. The van der Waals surface area contributed by atoms with Crippen LogP contribution in [0.25, 0.3) is 0 Å². The Labute approximate surface area is 174 Å². The molecule has 2 aromatic rings. The predicted octanol–water partition coefficient (Wildman–Crippen LogP) is 4.91. The molecule has 0 amide bonds. The van der Waals surface area contributed by atoms with Crippen molar-refractivity contribution in [1.29, 1.82) is 0 Å². The van der Waals surface area contributed by atoms with Gasteiger partial charge in [0.15, 0.2) is 0 Å². The number of hydrogen-bond acceptors (Lipinski definition) is 4. The fraction of sp³-hybridized carbons (Fsp3) is 0.520. The standard InChI is InChI=1S/C25H33NO3/c1-27-18-21-12-25(13-21)14-22(15-25)26(16-19-4-8-23(28-2)9-5-19)17-20-6-10-24(29-3)11-7-20/h4-11,21-22H,12-18H2,1-3H3. The molecule has 0 atom stereocenters. The first-order valence-electron chi connectivity index (χ1n) is 10.6. The lowest BCUT2D eigenvalue weighted by molar-refractivity contribution is -0.107. The quantitative estimate of drug-likeness (QED) is 0.604. The summed E-state index contributed by atoms with van der Waals surface area (Å²) in [6.45, 7) is 2.87. The van der Waals surface area contributed by atoms with Gasteiger partial charge in [-0.15, -0.1) is 0 Å². The normalized spacial score (nSPS) is 25.5. The van der Waals surface area contributed by atoms with Crippen molar-refractivity contribution >= 4 is 0 Å². The highest BCUT2D eigenvalue weighted by Gasteiger charge is 2.53. The molecule has 2 aliphatic carbocycles. The first-order chi connectivity index (χ1) is 14.1. The van der Waals surface area contributed by atoms with Gasteiger partial charge < -0.3 is 14.2 Å². The van der Waals surface area contributed by atoms with Crippen LogP contribution in [-0.2, 0) is 17.8 Å². The maximum Gasteiger partial charge on any atom is 0.118 e. The fourth-order valence-electron chi connectivity index (χ4n) is 5.29. The Balaban J connectivity index is 1.42. The smallest absolute Gasteiger partial charge is 0.118 e. The van der Waals surface area contributed by atoms with E-state index in [-0.39, 0.29) is 0 Å². The van der Waals surface area contributed by atoms with Gasteiger partial charge in [-0.25, -0.2) is 0 Å². The Kier molecular flexibility index (Phi) is 6.12. The van der Waals surface area contributed by atoms with E-state index in [4.69, 9.17) is 14.2 Å². The summed E-state index contributed by atoms with van der Waals surface area (Å²) in [6.07, 6.45) is 5.32. The van der Waals surface area contributed by atoms with Gasteiger partial charge in [0, 0.05) is 32.8 Å². The Morgan fingerprint density at radius 2 is 1.24 bits per heavy atom. The molecule has 2 aliphatic rings. The van der Waals surface area contributed by atoms with Crippen molar-refractivity contribution in [1.82, 2.24) is 4.90 Å². The zero-order valence-corrected chi connectivity index (χ0v) is 17.9. The van der Waals surface area contributed by atoms with Gasteiger partial charge in [0.05, 0.1) is 14.2 Å². The van der Waals surface area contributed by atoms with Crippen molar-refractivity contribution in [3.05, 3.63) is 59.7 Å². The van der Waals surface area contributed by atoms with Crippen molar-refractivity contribution in [3.8, 4) is 11.5 Å². The molecular weight excluding hydrogens is 362 g/mol. The molecule has 2 aromatic carbocycles. The van der Waals surface area contributed by atoms with Crippen LogP contribution in [0.4, 0.5) is 0 Å². The van der Waals surface area contributed by atoms with Gasteiger partial charge in [-0.2, -0.15) is 0 Å². The van der Waals surface area contributed by atoms with Crippen LogP contribution in [0, 0.1) is 11.3 Å². The molecule has 4 rings (SSSR count). The summed E-state index contributed by atoms with van der Waals surface area (Å²) in [5.41, 5.74) is 3.27. The van der Waals surface area contributed by atoms with Crippen molar-refractivity contribution in [2.45, 2.75) is 44.8 Å². The molecule has 2 saturated carbocycles. The summed E-state index contributed by atoms with van der Waals surface area (Å²) in [6, 6.07) is 17.6. The maximum atomic E-state index is 5.35. The molecule has 0 radical (unpaired) electrons. The third kappa shape index (κ3) is 4.59. The Bertz CT molecular complexity index is 723. The number of benzene rings is 2. The Morgan fingerprint density at radius 1 is 0.759 bits per heavy atom. The molecule has 29 heavy (non-hydrogen) atoms. The first-order valence-corrected chi connectivity index (χ1v) is 10.6. The average molecular weight is 396 g/mol. The van der Waals surface area contributed by atoms with Crippen molar-refractivity contribution in [2.24, 2.45) is 11.3 Å². The van der Waals surface area contributed by atoms with Gasteiger partial charge in [0.25, 0.3) is 0 Å². The van der Waals surface area contributed by atoms with E-state index in [0.717, 1.165) is 37.1 Å². The van der Waals surface area contributed by atoms with Crippen LogP contribution in [0.5, 0.6) is 11.5 Å². The van der Waals surface area contributed by atoms with Gasteiger partial charge >= 0.3 is 0 Å². The second-order valence-electron chi connectivity index (χ2n) is 8.89. The molecule has 1 spiro atoms. The van der Waals surface area contributed by atoms with Crippen LogP contribution in [0.15, 0.2) is 48.5 Å². The predicted molar refractivity (Wildman–Crippen MR) is 115 cm³/mol. The molecule has 4 nitrogen and oxygen atoms in total. The highest BCUT2D eigenvalue weighted by atomic mass is 16.5. The van der Waals surface area contributed by atoms with Crippen molar-refractivity contribution < 1.29 is 14.2 Å². The molecule has 0 bridgehead atoms. The van der Waals surface area contributed by atoms with E-state index in [0.29, 0.717) is 11.5 Å².